The van der Waals surface area contributed by atoms with Gasteiger partial charge in [0.05, 0.1) is 12.2 Å². The van der Waals surface area contributed by atoms with Gasteiger partial charge in [-0.1, -0.05) is 18.2 Å². The molecule has 2 aromatic heterocycles. The number of rotatable bonds is 8. The summed E-state index contributed by atoms with van der Waals surface area (Å²) in [6, 6.07) is 14.5. The normalized spacial score (nSPS) is 12.7. The van der Waals surface area contributed by atoms with Crippen LogP contribution in [0.25, 0.3) is 5.65 Å². The van der Waals surface area contributed by atoms with E-state index >= 15 is 0 Å². The zero-order valence-electron chi connectivity index (χ0n) is 18.7. The summed E-state index contributed by atoms with van der Waals surface area (Å²) in [5.41, 5.74) is 7.08. The number of carbonyl (C=O) groups excluding carboxylic acids is 1. The number of halogens is 1. The number of ether oxygens (including phenoxy) is 2. The highest BCUT2D eigenvalue weighted by Crippen LogP contribution is 2.29. The van der Waals surface area contributed by atoms with Crippen LogP contribution in [-0.4, -0.2) is 33.3 Å². The Labute approximate surface area is 195 Å². The van der Waals surface area contributed by atoms with Gasteiger partial charge in [-0.2, -0.15) is 5.10 Å². The van der Waals surface area contributed by atoms with E-state index in [2.05, 4.69) is 20.7 Å². The van der Waals surface area contributed by atoms with Gasteiger partial charge >= 0.3 is 6.09 Å². The molecule has 2 atom stereocenters. The fourth-order valence-corrected chi connectivity index (χ4v) is 3.30. The van der Waals surface area contributed by atoms with Crippen LogP contribution in [0.5, 0.6) is 11.5 Å². The second kappa shape index (κ2) is 10.2. The maximum Gasteiger partial charge on any atom is 0.417 e. The lowest BCUT2D eigenvalue weighted by molar-refractivity contribution is 0.215. The first-order valence-electron chi connectivity index (χ1n) is 10.7. The van der Waals surface area contributed by atoms with E-state index in [1.165, 1.54) is 22.8 Å². The van der Waals surface area contributed by atoms with Gasteiger partial charge in [-0.05, 0) is 50.2 Å². The molecule has 2 heterocycles. The molecular weight excluding hydrogens is 439 g/mol. The number of anilines is 2. The van der Waals surface area contributed by atoms with Crippen molar-refractivity contribution in [2.24, 2.45) is 5.73 Å². The number of amides is 1. The van der Waals surface area contributed by atoms with Crippen molar-refractivity contribution in [3.63, 3.8) is 0 Å². The molecule has 0 spiro atoms. The van der Waals surface area contributed by atoms with Crippen LogP contribution < -0.4 is 25.8 Å². The van der Waals surface area contributed by atoms with Crippen molar-refractivity contribution >= 4 is 23.2 Å². The SMILES string of the molecule is C[C@@H](CN)Oc1ccc(F)cc1[C@@H](C)Nc1ccn2ncc(NC(=O)Oc3ccccc3)c2n1. The molecule has 2 aromatic carbocycles. The number of para-hydroxylation sites is 1. The molecule has 4 N–H and O–H groups in total. The number of nitrogens with zero attached hydrogens (tertiary/aromatic N) is 3. The lowest BCUT2D eigenvalue weighted by Gasteiger charge is -2.21. The minimum atomic E-state index is -0.662. The van der Waals surface area contributed by atoms with E-state index in [0.717, 1.165) is 0 Å². The molecule has 0 bridgehead atoms. The van der Waals surface area contributed by atoms with Crippen LogP contribution in [0.2, 0.25) is 0 Å². The van der Waals surface area contributed by atoms with Crippen molar-refractivity contribution in [1.82, 2.24) is 14.6 Å². The first kappa shape index (κ1) is 23.0. The first-order valence-corrected chi connectivity index (χ1v) is 10.7. The van der Waals surface area contributed by atoms with Gasteiger partial charge in [-0.3, -0.25) is 5.32 Å². The summed E-state index contributed by atoms with van der Waals surface area (Å²) in [5, 5.41) is 10.1. The van der Waals surface area contributed by atoms with Crippen molar-refractivity contribution in [3.05, 3.63) is 78.4 Å². The van der Waals surface area contributed by atoms with Crippen LogP contribution in [0.4, 0.5) is 20.7 Å². The second-order valence-electron chi connectivity index (χ2n) is 7.68. The Balaban J connectivity index is 1.52. The zero-order chi connectivity index (χ0) is 24.1. The Morgan fingerprint density at radius 3 is 2.74 bits per heavy atom. The van der Waals surface area contributed by atoms with E-state index in [9.17, 15) is 9.18 Å². The minimum absolute atomic E-state index is 0.220. The zero-order valence-corrected chi connectivity index (χ0v) is 18.7. The summed E-state index contributed by atoms with van der Waals surface area (Å²) in [6.07, 6.45) is 2.30. The van der Waals surface area contributed by atoms with E-state index in [4.69, 9.17) is 15.2 Å². The summed E-state index contributed by atoms with van der Waals surface area (Å²) in [5.74, 6) is 1.08. The standard InChI is InChI=1S/C24H25FN6O3/c1-15(13-26)33-21-9-8-17(25)12-19(21)16(2)28-22-10-11-31-23(30-22)20(14-27-31)29-24(32)34-18-6-4-3-5-7-18/h3-12,14-16H,13,26H2,1-2H3,(H,28,30)(H,29,32)/t15-,16+/m0/s1. The Bertz CT molecular complexity index is 1280. The fourth-order valence-electron chi connectivity index (χ4n) is 3.30. The average molecular weight is 465 g/mol. The molecule has 176 valence electrons. The van der Waals surface area contributed by atoms with Crippen LogP contribution in [0, 0.1) is 5.82 Å². The van der Waals surface area contributed by atoms with Gasteiger partial charge in [0.15, 0.2) is 5.65 Å². The summed E-state index contributed by atoms with van der Waals surface area (Å²) >= 11 is 0. The number of carbonyl (C=O) groups is 1. The topological polar surface area (TPSA) is 116 Å². The van der Waals surface area contributed by atoms with Crippen LogP contribution in [0.15, 0.2) is 67.0 Å². The monoisotopic (exact) mass is 464 g/mol. The predicted octanol–water partition coefficient (Wildman–Crippen LogP) is 4.38. The number of nitrogens with two attached hydrogens (primary N) is 1. The maximum atomic E-state index is 14.0. The molecule has 0 unspecified atom stereocenters. The third kappa shape index (κ3) is 5.41. The average Bonchev–Trinajstić information content (AvgIpc) is 3.22. The number of hydrogen-bond donors (Lipinski definition) is 3. The summed E-state index contributed by atoms with van der Waals surface area (Å²) < 4.78 is 26.6. The number of fused-ring (bicyclic) bond motifs is 1. The lowest BCUT2D eigenvalue weighted by Crippen LogP contribution is -2.24. The molecule has 0 aliphatic rings. The molecule has 0 aliphatic heterocycles. The van der Waals surface area contributed by atoms with Crippen molar-refractivity contribution in [3.8, 4) is 11.5 Å². The van der Waals surface area contributed by atoms with Gasteiger partial charge in [-0.15, -0.1) is 0 Å². The molecule has 34 heavy (non-hydrogen) atoms. The molecule has 10 heteroatoms. The van der Waals surface area contributed by atoms with Crippen molar-refractivity contribution in [1.29, 1.82) is 0 Å². The summed E-state index contributed by atoms with van der Waals surface area (Å²) in [7, 11) is 0. The Kier molecular flexibility index (Phi) is 6.88. The predicted molar refractivity (Wildman–Crippen MR) is 127 cm³/mol. The van der Waals surface area contributed by atoms with E-state index in [1.54, 1.807) is 42.6 Å². The van der Waals surface area contributed by atoms with E-state index < -0.39 is 6.09 Å². The van der Waals surface area contributed by atoms with Crippen LogP contribution in [-0.2, 0) is 0 Å². The third-order valence-electron chi connectivity index (χ3n) is 5.02. The van der Waals surface area contributed by atoms with Crippen LogP contribution >= 0.6 is 0 Å². The second-order valence-corrected chi connectivity index (χ2v) is 7.68. The number of hydrogen-bond acceptors (Lipinski definition) is 7. The quantitative estimate of drug-likeness (QED) is 0.354. The Morgan fingerprint density at radius 2 is 1.97 bits per heavy atom. The van der Waals surface area contributed by atoms with Gasteiger partial charge < -0.3 is 20.5 Å². The molecule has 1 amide bonds. The van der Waals surface area contributed by atoms with Gasteiger partial charge in [-0.25, -0.2) is 18.7 Å². The first-order chi connectivity index (χ1) is 16.4. The van der Waals surface area contributed by atoms with E-state index in [0.29, 0.717) is 40.8 Å². The highest BCUT2D eigenvalue weighted by molar-refractivity contribution is 5.90. The van der Waals surface area contributed by atoms with E-state index in [-0.39, 0.29) is 18.0 Å². The van der Waals surface area contributed by atoms with Gasteiger partial charge in [0.2, 0.25) is 0 Å². The summed E-state index contributed by atoms with van der Waals surface area (Å²) in [6.45, 7) is 4.05. The molecule has 4 aromatic rings. The molecule has 0 aliphatic carbocycles. The lowest BCUT2D eigenvalue weighted by atomic mass is 10.1. The van der Waals surface area contributed by atoms with Crippen molar-refractivity contribution < 1.29 is 18.7 Å². The molecular formula is C24H25FN6O3. The Hall–Kier alpha value is -4.18. The number of aromatic nitrogens is 3. The number of benzene rings is 2. The van der Waals surface area contributed by atoms with Gasteiger partial charge in [0.25, 0.3) is 0 Å². The number of nitrogens with one attached hydrogen (secondary N) is 2. The fraction of sp³-hybridized carbons (Fsp3) is 0.208. The van der Waals surface area contributed by atoms with E-state index in [1.807, 2.05) is 19.9 Å². The molecule has 0 saturated heterocycles. The van der Waals surface area contributed by atoms with Gasteiger partial charge in [0, 0.05) is 18.3 Å². The maximum absolute atomic E-state index is 14.0. The molecule has 0 radical (unpaired) electrons. The smallest absolute Gasteiger partial charge is 0.417 e. The third-order valence-corrected chi connectivity index (χ3v) is 5.02. The minimum Gasteiger partial charge on any atom is -0.489 e. The molecule has 9 nitrogen and oxygen atoms in total. The molecule has 0 saturated carbocycles. The molecule has 0 fully saturated rings. The van der Waals surface area contributed by atoms with Crippen LogP contribution in [0.1, 0.15) is 25.5 Å². The molecule has 4 rings (SSSR count). The highest BCUT2D eigenvalue weighted by Gasteiger charge is 2.17. The van der Waals surface area contributed by atoms with Gasteiger partial charge in [0.1, 0.15) is 34.9 Å². The summed E-state index contributed by atoms with van der Waals surface area (Å²) in [4.78, 5) is 16.8. The van der Waals surface area contributed by atoms with Crippen molar-refractivity contribution in [2.75, 3.05) is 17.2 Å². The van der Waals surface area contributed by atoms with Crippen LogP contribution in [0.3, 0.4) is 0 Å². The Morgan fingerprint density at radius 1 is 1.18 bits per heavy atom. The largest absolute Gasteiger partial charge is 0.489 e. The van der Waals surface area contributed by atoms with Crippen molar-refractivity contribution in [2.45, 2.75) is 26.0 Å². The highest BCUT2D eigenvalue weighted by atomic mass is 19.1.